The smallest absolute Gasteiger partial charge is 0.0745 e. The molecule has 0 aliphatic carbocycles. The highest BCUT2D eigenvalue weighted by atomic mass is 79.9. The van der Waals surface area contributed by atoms with Gasteiger partial charge in [-0.1, -0.05) is 15.9 Å². The molecule has 1 aromatic carbocycles. The van der Waals surface area contributed by atoms with E-state index in [-0.39, 0.29) is 6.10 Å². The molecule has 106 valence electrons. The minimum absolute atomic E-state index is 0.277. The van der Waals surface area contributed by atoms with Crippen LogP contribution in [0.4, 0.5) is 11.4 Å². The monoisotopic (exact) mass is 335 g/mol. The number of aliphatic hydroxyl groups excluding tert-OH is 1. The molecule has 1 aliphatic rings. The number of anilines is 2. The van der Waals surface area contributed by atoms with Crippen molar-refractivity contribution in [2.24, 2.45) is 5.92 Å². The third-order valence-corrected chi connectivity index (χ3v) is 4.55. The molecule has 1 saturated heterocycles. The lowest BCUT2D eigenvalue weighted by molar-refractivity contribution is 0.136. The molecule has 0 saturated carbocycles. The highest BCUT2D eigenvalue weighted by Gasteiger charge is 2.28. The summed E-state index contributed by atoms with van der Waals surface area (Å²) < 4.78 is 1.02. The normalized spacial score (nSPS) is 20.6. The number of nitrogens with zero attached hydrogens (tertiary/aromatic N) is 2. The zero-order chi connectivity index (χ0) is 14.3. The molecule has 2 heterocycles. The average Bonchev–Trinajstić information content (AvgIpc) is 2.88. The van der Waals surface area contributed by atoms with Crippen molar-refractivity contribution in [2.75, 3.05) is 23.7 Å². The fourth-order valence-corrected chi connectivity index (χ4v) is 3.26. The quantitative estimate of drug-likeness (QED) is 0.885. The summed E-state index contributed by atoms with van der Waals surface area (Å²) in [6.07, 6.45) is 2.44. The molecule has 0 bridgehead atoms. The molecule has 1 aliphatic heterocycles. The van der Waals surface area contributed by atoms with Crippen LogP contribution in [0.15, 0.2) is 28.9 Å². The fourth-order valence-electron chi connectivity index (χ4n) is 2.90. The molecule has 1 aromatic heterocycles. The van der Waals surface area contributed by atoms with Crippen molar-refractivity contribution < 1.29 is 5.11 Å². The molecule has 1 fully saturated rings. The van der Waals surface area contributed by atoms with Crippen molar-refractivity contribution >= 4 is 38.2 Å². The third kappa shape index (κ3) is 2.36. The maximum absolute atomic E-state index is 9.77. The fraction of sp³-hybridized carbons (Fsp3) is 0.400. The third-order valence-electron chi connectivity index (χ3n) is 4.05. The van der Waals surface area contributed by atoms with Gasteiger partial charge in [-0.2, -0.15) is 0 Å². The lowest BCUT2D eigenvalue weighted by atomic mass is 10.0. The zero-order valence-electron chi connectivity index (χ0n) is 11.4. The summed E-state index contributed by atoms with van der Waals surface area (Å²) in [6, 6.07) is 6.03. The molecule has 2 unspecified atom stereocenters. The first-order chi connectivity index (χ1) is 9.56. The number of hydrogen-bond acceptors (Lipinski definition) is 4. The Kier molecular flexibility index (Phi) is 3.56. The Morgan fingerprint density at radius 2 is 2.30 bits per heavy atom. The van der Waals surface area contributed by atoms with Crippen molar-refractivity contribution in [2.45, 2.75) is 19.4 Å². The van der Waals surface area contributed by atoms with E-state index >= 15 is 0 Å². The molecular weight excluding hydrogens is 318 g/mol. The van der Waals surface area contributed by atoms with E-state index in [1.165, 1.54) is 0 Å². The maximum Gasteiger partial charge on any atom is 0.0745 e. The minimum Gasteiger partial charge on any atom is -0.396 e. The Labute approximate surface area is 126 Å². The number of hydrogen-bond donors (Lipinski definition) is 2. The Hall–Kier alpha value is -1.33. The second-order valence-corrected chi connectivity index (χ2v) is 6.37. The van der Waals surface area contributed by atoms with Gasteiger partial charge in [0.1, 0.15) is 0 Å². The Balaban J connectivity index is 2.07. The molecule has 4 nitrogen and oxygen atoms in total. The number of fused-ring (bicyclic) bond motifs is 1. The average molecular weight is 336 g/mol. The summed E-state index contributed by atoms with van der Waals surface area (Å²) in [5, 5.41) is 10.8. The van der Waals surface area contributed by atoms with Gasteiger partial charge in [0, 0.05) is 28.9 Å². The Bertz CT molecular complexity index is 639. The predicted molar refractivity (Wildman–Crippen MR) is 85.9 cm³/mol. The van der Waals surface area contributed by atoms with Gasteiger partial charge in [0.25, 0.3) is 0 Å². The zero-order valence-corrected chi connectivity index (χ0v) is 13.0. The highest BCUT2D eigenvalue weighted by Crippen LogP contribution is 2.36. The van der Waals surface area contributed by atoms with Gasteiger partial charge in [-0.25, -0.2) is 0 Å². The molecular formula is C15H18BrN3O. The summed E-state index contributed by atoms with van der Waals surface area (Å²) in [6.45, 7) is 3.62. The summed E-state index contributed by atoms with van der Waals surface area (Å²) in [7, 11) is 0. The van der Waals surface area contributed by atoms with E-state index in [1.54, 1.807) is 6.20 Å². The minimum atomic E-state index is -0.277. The van der Waals surface area contributed by atoms with Crippen LogP contribution >= 0.6 is 15.9 Å². The van der Waals surface area contributed by atoms with Crippen LogP contribution in [-0.4, -0.2) is 29.3 Å². The summed E-state index contributed by atoms with van der Waals surface area (Å²) >= 11 is 3.51. The van der Waals surface area contributed by atoms with E-state index in [1.807, 2.05) is 19.1 Å². The number of aliphatic hydroxyl groups is 1. The van der Waals surface area contributed by atoms with Crippen LogP contribution in [0.25, 0.3) is 10.9 Å². The molecule has 2 atom stereocenters. The maximum atomic E-state index is 9.77. The number of rotatable bonds is 2. The Morgan fingerprint density at radius 3 is 3.00 bits per heavy atom. The standard InChI is InChI=1S/C15H18BrN3O/c1-9(20)10-4-5-19(8-10)15-12-6-11(16)2-3-14(12)18-7-13(15)17/h2-3,6-7,9-10,20H,4-5,8,17H2,1H3. The summed E-state index contributed by atoms with van der Waals surface area (Å²) in [4.78, 5) is 6.65. The highest BCUT2D eigenvalue weighted by molar-refractivity contribution is 9.10. The van der Waals surface area contributed by atoms with Crippen LogP contribution in [0.5, 0.6) is 0 Å². The van der Waals surface area contributed by atoms with Crippen LogP contribution in [0.1, 0.15) is 13.3 Å². The van der Waals surface area contributed by atoms with Crippen LogP contribution in [-0.2, 0) is 0 Å². The second-order valence-electron chi connectivity index (χ2n) is 5.46. The SMILES string of the molecule is CC(O)C1CCN(c2c(N)cnc3ccc(Br)cc23)C1. The summed E-state index contributed by atoms with van der Waals surface area (Å²) in [5.74, 6) is 0.310. The van der Waals surface area contributed by atoms with E-state index in [2.05, 4.69) is 31.9 Å². The number of nitrogen functional groups attached to an aromatic ring is 1. The van der Waals surface area contributed by atoms with Crippen molar-refractivity contribution in [3.8, 4) is 0 Å². The first-order valence-corrected chi connectivity index (χ1v) is 7.62. The topological polar surface area (TPSA) is 62.4 Å². The number of benzene rings is 1. The molecule has 2 aromatic rings. The van der Waals surface area contributed by atoms with Crippen LogP contribution in [0.3, 0.4) is 0 Å². The second kappa shape index (κ2) is 5.22. The van der Waals surface area contributed by atoms with E-state index < -0.39 is 0 Å². The van der Waals surface area contributed by atoms with E-state index in [0.717, 1.165) is 40.6 Å². The number of halogens is 1. The van der Waals surface area contributed by atoms with E-state index in [0.29, 0.717) is 11.6 Å². The van der Waals surface area contributed by atoms with Crippen LogP contribution in [0.2, 0.25) is 0 Å². The van der Waals surface area contributed by atoms with Crippen molar-refractivity contribution in [1.82, 2.24) is 4.98 Å². The van der Waals surface area contributed by atoms with Gasteiger partial charge in [0.15, 0.2) is 0 Å². The van der Waals surface area contributed by atoms with Crippen LogP contribution in [0, 0.1) is 5.92 Å². The van der Waals surface area contributed by atoms with Crippen LogP contribution < -0.4 is 10.6 Å². The number of nitrogens with two attached hydrogens (primary N) is 1. The van der Waals surface area contributed by atoms with Gasteiger partial charge in [-0.3, -0.25) is 4.98 Å². The number of pyridine rings is 1. The Morgan fingerprint density at radius 1 is 1.50 bits per heavy atom. The van der Waals surface area contributed by atoms with Gasteiger partial charge < -0.3 is 15.7 Å². The lowest BCUT2D eigenvalue weighted by Gasteiger charge is -2.23. The van der Waals surface area contributed by atoms with E-state index in [9.17, 15) is 5.11 Å². The van der Waals surface area contributed by atoms with E-state index in [4.69, 9.17) is 5.73 Å². The summed E-state index contributed by atoms with van der Waals surface area (Å²) in [5.41, 5.74) is 8.84. The first-order valence-electron chi connectivity index (χ1n) is 6.83. The van der Waals surface area contributed by atoms with Crippen molar-refractivity contribution in [3.63, 3.8) is 0 Å². The largest absolute Gasteiger partial charge is 0.396 e. The van der Waals surface area contributed by atoms with Gasteiger partial charge in [-0.05, 0) is 31.5 Å². The predicted octanol–water partition coefficient (Wildman–Crippen LogP) is 2.79. The van der Waals surface area contributed by atoms with Crippen molar-refractivity contribution in [3.05, 3.63) is 28.9 Å². The van der Waals surface area contributed by atoms with Gasteiger partial charge >= 0.3 is 0 Å². The van der Waals surface area contributed by atoms with Crippen molar-refractivity contribution in [1.29, 1.82) is 0 Å². The van der Waals surface area contributed by atoms with Gasteiger partial charge in [0.2, 0.25) is 0 Å². The molecule has 20 heavy (non-hydrogen) atoms. The molecule has 0 spiro atoms. The molecule has 3 N–H and O–H groups in total. The molecule has 0 radical (unpaired) electrons. The molecule has 0 amide bonds. The number of aromatic nitrogens is 1. The lowest BCUT2D eigenvalue weighted by Crippen LogP contribution is -2.24. The van der Waals surface area contributed by atoms with Gasteiger partial charge in [0.05, 0.1) is 29.2 Å². The van der Waals surface area contributed by atoms with Gasteiger partial charge in [-0.15, -0.1) is 0 Å². The molecule has 3 rings (SSSR count). The first kappa shape index (κ1) is 13.6. The molecule has 5 heteroatoms.